The molecule has 4 rings (SSSR count). The zero-order valence-electron chi connectivity index (χ0n) is 14.2. The lowest BCUT2D eigenvalue weighted by atomic mass is 10.0. The van der Waals surface area contributed by atoms with Gasteiger partial charge in [-0.2, -0.15) is 0 Å². The number of aromatic nitrogens is 1. The summed E-state index contributed by atoms with van der Waals surface area (Å²) in [6.07, 6.45) is 3.60. The minimum absolute atomic E-state index is 0.208. The van der Waals surface area contributed by atoms with Gasteiger partial charge in [-0.25, -0.2) is 4.79 Å². The highest BCUT2D eigenvalue weighted by atomic mass is 32.1. The zero-order valence-corrected chi connectivity index (χ0v) is 15.0. The summed E-state index contributed by atoms with van der Waals surface area (Å²) in [4.78, 5) is 26.2. The van der Waals surface area contributed by atoms with Crippen LogP contribution in [0, 0.1) is 0 Å². The van der Waals surface area contributed by atoms with Crippen LogP contribution in [0.1, 0.15) is 39.6 Å². The molecule has 1 aliphatic carbocycles. The first kappa shape index (κ1) is 16.8. The van der Waals surface area contributed by atoms with Crippen LogP contribution < -0.4 is 16.0 Å². The summed E-state index contributed by atoms with van der Waals surface area (Å²) < 4.78 is 7.10. The molecule has 0 atom stereocenters. The summed E-state index contributed by atoms with van der Waals surface area (Å²) in [5.41, 5.74) is 7.36. The van der Waals surface area contributed by atoms with Crippen LogP contribution in [-0.2, 0) is 6.54 Å². The van der Waals surface area contributed by atoms with Crippen molar-refractivity contribution in [2.45, 2.75) is 25.3 Å². The lowest BCUT2D eigenvalue weighted by molar-refractivity contribution is 0.0694. The number of thiophene rings is 1. The number of pyridine rings is 2. The highest BCUT2D eigenvalue weighted by Crippen LogP contribution is 2.46. The molecule has 1 aliphatic rings. The Morgan fingerprint density at radius 3 is 2.73 bits per heavy atom. The molecule has 0 saturated heterocycles. The second kappa shape index (κ2) is 6.26. The predicted octanol–water partition coefficient (Wildman–Crippen LogP) is 3.07. The monoisotopic (exact) mass is 370 g/mol. The van der Waals surface area contributed by atoms with Crippen LogP contribution in [0.25, 0.3) is 16.0 Å². The molecule has 0 unspecified atom stereocenters. The minimum Gasteiger partial charge on any atom is -0.494 e. The highest BCUT2D eigenvalue weighted by Gasteiger charge is 2.30. The molecule has 0 bridgehead atoms. The van der Waals surface area contributed by atoms with E-state index in [2.05, 4.69) is 0 Å². The standard InChI is InChI=1S/C19H18N2O4S/c1-25-17-12(15-5-4-11(9-20)26-15)6-7-21-16(17)13(10-2-3-10)8-14(18(21)22)19(23)24/h4-8,10H,2-3,9,20H2,1H3,(H,23,24). The lowest BCUT2D eigenvalue weighted by Crippen LogP contribution is -2.23. The van der Waals surface area contributed by atoms with Crippen molar-refractivity contribution in [1.29, 1.82) is 0 Å². The fourth-order valence-corrected chi connectivity index (χ4v) is 4.19. The number of methoxy groups -OCH3 is 1. The van der Waals surface area contributed by atoms with Crippen molar-refractivity contribution in [3.05, 3.63) is 56.8 Å². The Morgan fingerprint density at radius 2 is 2.15 bits per heavy atom. The number of hydrogen-bond donors (Lipinski definition) is 2. The van der Waals surface area contributed by atoms with Crippen molar-refractivity contribution in [2.75, 3.05) is 7.11 Å². The van der Waals surface area contributed by atoms with E-state index in [1.807, 2.05) is 12.1 Å². The van der Waals surface area contributed by atoms with E-state index in [9.17, 15) is 14.7 Å². The van der Waals surface area contributed by atoms with Crippen molar-refractivity contribution >= 4 is 22.8 Å². The molecule has 7 heteroatoms. The van der Waals surface area contributed by atoms with Crippen molar-refractivity contribution in [3.8, 4) is 16.2 Å². The molecule has 0 aromatic carbocycles. The number of rotatable bonds is 5. The maximum absolute atomic E-state index is 12.6. The number of carboxylic acid groups (broad SMARTS) is 1. The third-order valence-corrected chi connectivity index (χ3v) is 5.83. The van der Waals surface area contributed by atoms with Gasteiger partial charge in [0.05, 0.1) is 12.6 Å². The van der Waals surface area contributed by atoms with Gasteiger partial charge in [-0.05, 0) is 48.6 Å². The summed E-state index contributed by atoms with van der Waals surface area (Å²) in [5.74, 6) is -0.357. The normalized spacial score (nSPS) is 13.9. The number of aromatic carboxylic acids is 1. The molecule has 0 aliphatic heterocycles. The van der Waals surface area contributed by atoms with Crippen LogP contribution >= 0.6 is 11.3 Å². The maximum atomic E-state index is 12.6. The second-order valence-corrected chi connectivity index (χ2v) is 7.52. The van der Waals surface area contributed by atoms with Gasteiger partial charge in [0.1, 0.15) is 5.56 Å². The molecular formula is C19H18N2O4S. The van der Waals surface area contributed by atoms with Gasteiger partial charge in [0.2, 0.25) is 0 Å². The smallest absolute Gasteiger partial charge is 0.341 e. The van der Waals surface area contributed by atoms with Gasteiger partial charge in [0.25, 0.3) is 5.56 Å². The van der Waals surface area contributed by atoms with Gasteiger partial charge in [0.15, 0.2) is 5.75 Å². The summed E-state index contributed by atoms with van der Waals surface area (Å²) in [7, 11) is 1.57. The van der Waals surface area contributed by atoms with Crippen molar-refractivity contribution in [2.24, 2.45) is 5.73 Å². The third kappa shape index (κ3) is 2.60. The molecule has 3 heterocycles. The predicted molar refractivity (Wildman–Crippen MR) is 100 cm³/mol. The molecule has 26 heavy (non-hydrogen) atoms. The molecule has 6 nitrogen and oxygen atoms in total. The molecule has 0 spiro atoms. The van der Waals surface area contributed by atoms with Gasteiger partial charge in [-0.3, -0.25) is 9.20 Å². The Balaban J connectivity index is 2.06. The number of nitrogens with zero attached hydrogens (tertiary/aromatic N) is 1. The number of nitrogens with two attached hydrogens (primary N) is 1. The average Bonchev–Trinajstić information content (AvgIpc) is 3.37. The van der Waals surface area contributed by atoms with Gasteiger partial charge < -0.3 is 15.6 Å². The molecule has 1 saturated carbocycles. The van der Waals surface area contributed by atoms with Crippen molar-refractivity contribution in [3.63, 3.8) is 0 Å². The SMILES string of the molecule is COc1c(-c2ccc(CN)s2)ccn2c(=O)c(C(=O)O)cc(C3CC3)c12. The van der Waals surface area contributed by atoms with Crippen LogP contribution in [0.2, 0.25) is 0 Å². The quantitative estimate of drug-likeness (QED) is 0.720. The van der Waals surface area contributed by atoms with Crippen LogP contribution in [0.3, 0.4) is 0 Å². The Morgan fingerprint density at radius 1 is 1.38 bits per heavy atom. The van der Waals surface area contributed by atoms with E-state index in [-0.39, 0.29) is 11.5 Å². The van der Waals surface area contributed by atoms with Crippen molar-refractivity contribution < 1.29 is 14.6 Å². The number of carboxylic acids is 1. The molecule has 3 N–H and O–H groups in total. The molecule has 0 amide bonds. The van der Waals surface area contributed by atoms with Crippen LogP contribution in [0.5, 0.6) is 5.75 Å². The zero-order chi connectivity index (χ0) is 18.4. The van der Waals surface area contributed by atoms with Crippen molar-refractivity contribution in [1.82, 2.24) is 4.40 Å². The number of fused-ring (bicyclic) bond motifs is 1. The van der Waals surface area contributed by atoms with E-state index in [1.165, 1.54) is 10.5 Å². The van der Waals surface area contributed by atoms with E-state index in [0.717, 1.165) is 33.7 Å². The van der Waals surface area contributed by atoms with E-state index in [4.69, 9.17) is 10.5 Å². The number of ether oxygens (including phenoxy) is 1. The Bertz CT molecular complexity index is 1080. The molecule has 134 valence electrons. The molecular weight excluding hydrogens is 352 g/mol. The third-order valence-electron chi connectivity index (χ3n) is 4.69. The first-order valence-electron chi connectivity index (χ1n) is 8.33. The van der Waals surface area contributed by atoms with E-state index >= 15 is 0 Å². The summed E-state index contributed by atoms with van der Waals surface area (Å²) in [6, 6.07) is 7.28. The Labute approximate surface area is 153 Å². The van der Waals surface area contributed by atoms with E-state index < -0.39 is 11.5 Å². The molecule has 0 radical (unpaired) electrons. The first-order chi connectivity index (χ1) is 12.5. The number of carbonyl (C=O) groups is 1. The second-order valence-electron chi connectivity index (χ2n) is 6.35. The lowest BCUT2D eigenvalue weighted by Gasteiger charge is -2.15. The van der Waals surface area contributed by atoms with Gasteiger partial charge in [0, 0.05) is 28.1 Å². The average molecular weight is 370 g/mol. The van der Waals surface area contributed by atoms with E-state index in [1.54, 1.807) is 30.7 Å². The van der Waals surface area contributed by atoms with Gasteiger partial charge >= 0.3 is 5.97 Å². The van der Waals surface area contributed by atoms with Gasteiger partial charge in [-0.15, -0.1) is 11.3 Å². The summed E-state index contributed by atoms with van der Waals surface area (Å²) in [6.45, 7) is 0.468. The Hall–Kier alpha value is -2.64. The van der Waals surface area contributed by atoms with Gasteiger partial charge in [-0.1, -0.05) is 0 Å². The number of hydrogen-bond acceptors (Lipinski definition) is 5. The molecule has 3 aromatic rings. The topological polar surface area (TPSA) is 94.0 Å². The maximum Gasteiger partial charge on any atom is 0.341 e. The van der Waals surface area contributed by atoms with E-state index in [0.29, 0.717) is 17.8 Å². The fourth-order valence-electron chi connectivity index (χ4n) is 3.28. The summed E-state index contributed by atoms with van der Waals surface area (Å²) in [5, 5.41) is 9.39. The Kier molecular flexibility index (Phi) is 4.05. The fraction of sp³-hybridized carbons (Fsp3) is 0.263. The van der Waals surface area contributed by atoms with Crippen LogP contribution in [0.15, 0.2) is 35.3 Å². The summed E-state index contributed by atoms with van der Waals surface area (Å²) >= 11 is 1.58. The van der Waals surface area contributed by atoms with Crippen LogP contribution in [0.4, 0.5) is 0 Å². The largest absolute Gasteiger partial charge is 0.494 e. The molecule has 3 aromatic heterocycles. The minimum atomic E-state index is -1.21. The van der Waals surface area contributed by atoms with Crippen LogP contribution in [-0.4, -0.2) is 22.6 Å². The first-order valence-corrected chi connectivity index (χ1v) is 9.15. The highest BCUT2D eigenvalue weighted by molar-refractivity contribution is 7.15. The molecule has 1 fully saturated rings.